The molecule has 124 valence electrons. The molecule has 0 saturated carbocycles. The highest BCUT2D eigenvalue weighted by molar-refractivity contribution is 6.08. The van der Waals surface area contributed by atoms with E-state index in [1.165, 1.54) is 12.4 Å². The van der Waals surface area contributed by atoms with Gasteiger partial charge in [0.2, 0.25) is 0 Å². The zero-order valence-corrected chi connectivity index (χ0v) is 13.1. The second kappa shape index (κ2) is 7.32. The average molecular weight is 328 g/mol. The number of hydrogen-bond acceptors (Lipinski definition) is 5. The first-order valence-corrected chi connectivity index (χ1v) is 7.15. The van der Waals surface area contributed by atoms with E-state index in [0.717, 1.165) is 0 Å². The van der Waals surface area contributed by atoms with E-state index in [2.05, 4.69) is 20.6 Å². The molecule has 1 aromatic carbocycles. The topological polar surface area (TPSA) is 121 Å². The fraction of sp³-hybridized carbons (Fsp3) is 0.188. The fourth-order valence-electron chi connectivity index (χ4n) is 1.90. The molecule has 0 unspecified atom stereocenters. The van der Waals surface area contributed by atoms with Gasteiger partial charge < -0.3 is 15.7 Å². The highest BCUT2D eigenvalue weighted by Crippen LogP contribution is 2.12. The van der Waals surface area contributed by atoms with Crippen LogP contribution in [0.15, 0.2) is 36.7 Å². The lowest BCUT2D eigenvalue weighted by molar-refractivity contribution is 0.0684. The van der Waals surface area contributed by atoms with Crippen molar-refractivity contribution in [3.05, 3.63) is 53.6 Å². The van der Waals surface area contributed by atoms with Gasteiger partial charge in [-0.2, -0.15) is 0 Å². The van der Waals surface area contributed by atoms with Crippen molar-refractivity contribution in [2.75, 3.05) is 5.32 Å². The summed E-state index contributed by atoms with van der Waals surface area (Å²) >= 11 is 0. The summed E-state index contributed by atoms with van der Waals surface area (Å²) in [5.41, 5.74) is 0.144. The van der Waals surface area contributed by atoms with Crippen LogP contribution in [0, 0.1) is 0 Å². The van der Waals surface area contributed by atoms with Gasteiger partial charge in [-0.25, -0.2) is 14.8 Å². The van der Waals surface area contributed by atoms with Gasteiger partial charge >= 0.3 is 5.97 Å². The van der Waals surface area contributed by atoms with Gasteiger partial charge in [0.05, 0.1) is 0 Å². The molecule has 1 heterocycles. The van der Waals surface area contributed by atoms with E-state index in [4.69, 9.17) is 5.11 Å². The molecule has 8 nitrogen and oxygen atoms in total. The second-order valence-electron chi connectivity index (χ2n) is 5.22. The molecule has 0 fully saturated rings. The van der Waals surface area contributed by atoms with Gasteiger partial charge in [-0.05, 0) is 38.1 Å². The maximum absolute atomic E-state index is 12.1. The number of nitrogens with one attached hydrogen (secondary N) is 2. The lowest BCUT2D eigenvalue weighted by Crippen LogP contribution is -2.30. The van der Waals surface area contributed by atoms with Crippen LogP contribution in [0.25, 0.3) is 0 Å². The largest absolute Gasteiger partial charge is 0.476 e. The number of hydrogen-bond donors (Lipinski definition) is 3. The minimum atomic E-state index is -1.34. The summed E-state index contributed by atoms with van der Waals surface area (Å²) in [6.07, 6.45) is 2.43. The van der Waals surface area contributed by atoms with Crippen molar-refractivity contribution in [2.45, 2.75) is 19.9 Å². The molecule has 8 heteroatoms. The Bertz CT molecular complexity index is 772. The molecule has 0 aliphatic rings. The number of carboxylic acid groups (broad SMARTS) is 1. The third-order valence-electron chi connectivity index (χ3n) is 2.94. The number of aromatic carboxylic acids is 1. The molecular weight excluding hydrogens is 312 g/mol. The maximum Gasteiger partial charge on any atom is 0.356 e. The quantitative estimate of drug-likeness (QED) is 0.766. The van der Waals surface area contributed by atoms with Crippen molar-refractivity contribution in [1.82, 2.24) is 15.3 Å². The number of anilines is 1. The van der Waals surface area contributed by atoms with E-state index in [9.17, 15) is 14.4 Å². The van der Waals surface area contributed by atoms with Crippen LogP contribution >= 0.6 is 0 Å². The van der Waals surface area contributed by atoms with E-state index >= 15 is 0 Å². The number of carbonyl (C=O) groups is 3. The van der Waals surface area contributed by atoms with Crippen LogP contribution in [-0.4, -0.2) is 38.9 Å². The van der Waals surface area contributed by atoms with Gasteiger partial charge in [0, 0.05) is 29.7 Å². The van der Waals surface area contributed by atoms with Crippen LogP contribution in [0.4, 0.5) is 5.69 Å². The van der Waals surface area contributed by atoms with Gasteiger partial charge in [0.25, 0.3) is 11.8 Å². The Labute approximate surface area is 137 Å². The number of benzene rings is 1. The molecule has 2 aromatic rings. The first-order chi connectivity index (χ1) is 11.4. The molecule has 0 radical (unpaired) electrons. The van der Waals surface area contributed by atoms with Gasteiger partial charge in [-0.1, -0.05) is 0 Å². The highest BCUT2D eigenvalue weighted by Gasteiger charge is 2.19. The summed E-state index contributed by atoms with van der Waals surface area (Å²) in [5.74, 6) is -2.25. The molecule has 0 atom stereocenters. The summed E-state index contributed by atoms with van der Waals surface area (Å²) in [5, 5.41) is 14.3. The van der Waals surface area contributed by atoms with Crippen LogP contribution < -0.4 is 10.6 Å². The van der Waals surface area contributed by atoms with Crippen molar-refractivity contribution >= 4 is 23.5 Å². The van der Waals surface area contributed by atoms with Gasteiger partial charge in [0.1, 0.15) is 0 Å². The van der Waals surface area contributed by atoms with Crippen molar-refractivity contribution in [2.24, 2.45) is 0 Å². The van der Waals surface area contributed by atoms with Crippen LogP contribution in [0.1, 0.15) is 45.2 Å². The lowest BCUT2D eigenvalue weighted by atomic mass is 10.2. The first kappa shape index (κ1) is 17.1. The lowest BCUT2D eigenvalue weighted by Gasteiger charge is -2.09. The van der Waals surface area contributed by atoms with E-state index in [1.807, 2.05) is 13.8 Å². The molecule has 2 rings (SSSR count). The summed E-state index contributed by atoms with van der Waals surface area (Å²) in [7, 11) is 0. The minimum absolute atomic E-state index is 0.0166. The van der Waals surface area contributed by atoms with Gasteiger partial charge in [-0.3, -0.25) is 9.59 Å². The maximum atomic E-state index is 12.1. The smallest absolute Gasteiger partial charge is 0.356 e. The molecule has 1 aromatic heterocycles. The predicted molar refractivity (Wildman–Crippen MR) is 86.0 cm³/mol. The number of nitrogens with zero attached hydrogens (tertiary/aromatic N) is 2. The molecule has 0 spiro atoms. The number of carboxylic acids is 1. The standard InChI is InChI=1S/C16H16N4O4/c1-9(2)19-14(21)10-3-5-11(6-4-10)20-15(22)12-13(16(23)24)18-8-7-17-12/h3-9H,1-2H3,(H,19,21)(H,20,22)(H,23,24). The number of carbonyl (C=O) groups excluding carboxylic acids is 2. The molecule has 2 amide bonds. The number of rotatable bonds is 5. The summed E-state index contributed by atoms with van der Waals surface area (Å²) in [4.78, 5) is 42.4. The highest BCUT2D eigenvalue weighted by atomic mass is 16.4. The summed E-state index contributed by atoms with van der Waals surface area (Å²) in [6, 6.07) is 6.22. The molecule has 0 bridgehead atoms. The molecule has 0 aliphatic carbocycles. The Morgan fingerprint density at radius 2 is 1.54 bits per heavy atom. The van der Waals surface area contributed by atoms with Crippen LogP contribution in [0.5, 0.6) is 0 Å². The van der Waals surface area contributed by atoms with E-state index in [0.29, 0.717) is 11.3 Å². The molecular formula is C16H16N4O4. The zero-order valence-electron chi connectivity index (χ0n) is 13.1. The number of aromatic nitrogens is 2. The Balaban J connectivity index is 2.13. The summed E-state index contributed by atoms with van der Waals surface area (Å²) in [6.45, 7) is 3.71. The van der Waals surface area contributed by atoms with Crippen molar-refractivity contribution in [3.8, 4) is 0 Å². The van der Waals surface area contributed by atoms with Crippen LogP contribution in [0.2, 0.25) is 0 Å². The molecule has 0 saturated heterocycles. The molecule has 0 aliphatic heterocycles. The number of amides is 2. The fourth-order valence-corrected chi connectivity index (χ4v) is 1.90. The Morgan fingerprint density at radius 3 is 2.08 bits per heavy atom. The van der Waals surface area contributed by atoms with Crippen LogP contribution in [-0.2, 0) is 0 Å². The van der Waals surface area contributed by atoms with Crippen molar-refractivity contribution in [1.29, 1.82) is 0 Å². The minimum Gasteiger partial charge on any atom is -0.476 e. The van der Waals surface area contributed by atoms with Gasteiger partial charge in [0.15, 0.2) is 11.4 Å². The molecule has 24 heavy (non-hydrogen) atoms. The molecule has 3 N–H and O–H groups in total. The van der Waals surface area contributed by atoms with E-state index in [-0.39, 0.29) is 17.6 Å². The first-order valence-electron chi connectivity index (χ1n) is 7.15. The van der Waals surface area contributed by atoms with Crippen LogP contribution in [0.3, 0.4) is 0 Å². The van der Waals surface area contributed by atoms with Crippen molar-refractivity contribution in [3.63, 3.8) is 0 Å². The van der Waals surface area contributed by atoms with E-state index < -0.39 is 17.6 Å². The predicted octanol–water partition coefficient (Wildman–Crippen LogP) is 1.57. The third-order valence-corrected chi connectivity index (χ3v) is 2.94. The van der Waals surface area contributed by atoms with Crippen molar-refractivity contribution < 1.29 is 19.5 Å². The van der Waals surface area contributed by atoms with E-state index in [1.54, 1.807) is 24.3 Å². The average Bonchev–Trinajstić information content (AvgIpc) is 2.54. The Morgan fingerprint density at radius 1 is 0.958 bits per heavy atom. The normalized spacial score (nSPS) is 10.3. The second-order valence-corrected chi connectivity index (χ2v) is 5.22. The third kappa shape index (κ3) is 4.13. The Kier molecular flexibility index (Phi) is 5.20. The monoisotopic (exact) mass is 328 g/mol. The Hall–Kier alpha value is -3.29. The summed E-state index contributed by atoms with van der Waals surface area (Å²) < 4.78 is 0. The zero-order chi connectivity index (χ0) is 17.7. The van der Waals surface area contributed by atoms with Gasteiger partial charge in [-0.15, -0.1) is 0 Å². The SMILES string of the molecule is CC(C)NC(=O)c1ccc(NC(=O)c2nccnc2C(=O)O)cc1.